The second-order valence-corrected chi connectivity index (χ2v) is 8.97. The summed E-state index contributed by atoms with van der Waals surface area (Å²) in [5.41, 5.74) is 0.366. The van der Waals surface area contributed by atoms with Gasteiger partial charge in [-0.25, -0.2) is 9.37 Å². The Kier molecular flexibility index (Phi) is 5.29. The van der Waals surface area contributed by atoms with Crippen molar-refractivity contribution < 1.29 is 13.9 Å². The van der Waals surface area contributed by atoms with Gasteiger partial charge in [0.05, 0.1) is 11.6 Å². The Labute approximate surface area is 180 Å². The number of amides is 1. The van der Waals surface area contributed by atoms with Crippen molar-refractivity contribution in [2.75, 3.05) is 26.2 Å². The molecule has 3 aliphatic rings. The van der Waals surface area contributed by atoms with Gasteiger partial charge in [-0.05, 0) is 43.4 Å². The van der Waals surface area contributed by atoms with E-state index in [1.165, 1.54) is 6.07 Å². The van der Waals surface area contributed by atoms with Crippen molar-refractivity contribution in [2.45, 2.75) is 50.5 Å². The number of nitrogens with zero attached hydrogens (tertiary/aromatic N) is 4. The molecule has 3 aliphatic heterocycles. The van der Waals surface area contributed by atoms with E-state index in [2.05, 4.69) is 14.5 Å². The van der Waals surface area contributed by atoms with E-state index in [9.17, 15) is 9.18 Å². The molecular weight excluding hydrogens is 407 g/mol. The first-order valence-corrected chi connectivity index (χ1v) is 11.1. The fraction of sp³-hybridized carbons (Fsp3) is 0.545. The lowest BCUT2D eigenvalue weighted by molar-refractivity contribution is -0.180. The van der Waals surface area contributed by atoms with Crippen LogP contribution in [0, 0.1) is 5.82 Å². The second-order valence-electron chi connectivity index (χ2n) is 8.56. The maximum atomic E-state index is 13.8. The van der Waals surface area contributed by atoms with Gasteiger partial charge in [0.25, 0.3) is 5.91 Å². The number of likely N-dealkylation sites (tertiary alicyclic amines) is 2. The monoisotopic (exact) mass is 432 g/mol. The van der Waals surface area contributed by atoms with E-state index in [0.717, 1.165) is 63.3 Å². The first-order chi connectivity index (χ1) is 14.5. The number of carbonyl (C=O) groups is 1. The topological polar surface area (TPSA) is 50.6 Å². The molecule has 8 heteroatoms. The number of benzene rings is 1. The molecule has 30 heavy (non-hydrogen) atoms. The van der Waals surface area contributed by atoms with E-state index in [4.69, 9.17) is 16.3 Å². The Morgan fingerprint density at radius 3 is 2.73 bits per heavy atom. The highest BCUT2D eigenvalue weighted by Gasteiger charge is 2.47. The summed E-state index contributed by atoms with van der Waals surface area (Å²) in [4.78, 5) is 21.8. The van der Waals surface area contributed by atoms with Crippen molar-refractivity contribution in [3.8, 4) is 0 Å². The van der Waals surface area contributed by atoms with Crippen LogP contribution < -0.4 is 0 Å². The third-order valence-electron chi connectivity index (χ3n) is 6.60. The quantitative estimate of drug-likeness (QED) is 0.747. The number of fused-ring (bicyclic) bond motifs is 2. The van der Waals surface area contributed by atoms with Crippen LogP contribution in [0.15, 0.2) is 30.6 Å². The number of aromatic nitrogens is 2. The molecule has 0 saturated carbocycles. The Morgan fingerprint density at radius 2 is 2.00 bits per heavy atom. The van der Waals surface area contributed by atoms with Gasteiger partial charge in [-0.1, -0.05) is 17.7 Å². The molecule has 5 rings (SSSR count). The second kappa shape index (κ2) is 7.94. The van der Waals surface area contributed by atoms with Gasteiger partial charge in [-0.3, -0.25) is 9.69 Å². The molecule has 1 aromatic carbocycles. The van der Waals surface area contributed by atoms with Crippen molar-refractivity contribution in [2.24, 2.45) is 0 Å². The van der Waals surface area contributed by atoms with Crippen LogP contribution in [0.4, 0.5) is 4.39 Å². The highest BCUT2D eigenvalue weighted by atomic mass is 35.5. The number of piperidine rings is 1. The average Bonchev–Trinajstić information content (AvgIpc) is 3.44. The number of imidazole rings is 1. The lowest BCUT2D eigenvalue weighted by Gasteiger charge is -2.46. The molecule has 0 bridgehead atoms. The summed E-state index contributed by atoms with van der Waals surface area (Å²) in [7, 11) is 0. The zero-order chi connectivity index (χ0) is 20.7. The van der Waals surface area contributed by atoms with Gasteiger partial charge < -0.3 is 14.2 Å². The van der Waals surface area contributed by atoms with Crippen LogP contribution in [-0.4, -0.2) is 57.5 Å². The molecular formula is C22H26ClFN4O2. The van der Waals surface area contributed by atoms with Crippen LogP contribution in [0.25, 0.3) is 0 Å². The van der Waals surface area contributed by atoms with E-state index < -0.39 is 11.7 Å². The maximum absolute atomic E-state index is 13.8. The van der Waals surface area contributed by atoms with Crippen LogP contribution in [-0.2, 0) is 28.2 Å². The Balaban J connectivity index is 1.30. The van der Waals surface area contributed by atoms with Crippen molar-refractivity contribution in [1.29, 1.82) is 0 Å². The summed E-state index contributed by atoms with van der Waals surface area (Å²) in [6.07, 6.45) is 6.94. The van der Waals surface area contributed by atoms with Gasteiger partial charge in [0.1, 0.15) is 17.2 Å². The number of halogens is 2. The van der Waals surface area contributed by atoms with Gasteiger partial charge in [0.2, 0.25) is 0 Å². The molecule has 1 unspecified atom stereocenters. The first-order valence-electron chi connectivity index (χ1n) is 10.7. The smallest absolute Gasteiger partial charge is 0.253 e. The van der Waals surface area contributed by atoms with Gasteiger partial charge in [0.15, 0.2) is 6.10 Å². The fourth-order valence-electron chi connectivity index (χ4n) is 4.98. The summed E-state index contributed by atoms with van der Waals surface area (Å²) in [5, 5.41) is 0.146. The minimum atomic E-state index is -0.538. The molecule has 0 radical (unpaired) electrons. The fourth-order valence-corrected chi connectivity index (χ4v) is 5.09. The molecule has 160 valence electrons. The number of ether oxygens (including phenoxy) is 1. The molecule has 2 fully saturated rings. The van der Waals surface area contributed by atoms with Crippen LogP contribution in [0.2, 0.25) is 5.02 Å². The summed E-state index contributed by atoms with van der Waals surface area (Å²) >= 11 is 5.80. The van der Waals surface area contributed by atoms with Crippen molar-refractivity contribution in [3.05, 3.63) is 52.8 Å². The van der Waals surface area contributed by atoms with Gasteiger partial charge in [-0.2, -0.15) is 0 Å². The SMILES string of the molecule is O=C(C1Cn2ccnc2C2(CCN(Cc3ccc(Cl)c(F)c3)CC2)O1)N1CCCC1. The summed E-state index contributed by atoms with van der Waals surface area (Å²) in [6, 6.07) is 4.97. The third kappa shape index (κ3) is 3.63. The average molecular weight is 433 g/mol. The lowest BCUT2D eigenvalue weighted by Crippen LogP contribution is -2.54. The van der Waals surface area contributed by atoms with E-state index in [1.54, 1.807) is 12.3 Å². The normalized spacial score (nSPS) is 23.7. The predicted octanol–water partition coefficient (Wildman–Crippen LogP) is 3.19. The standard InChI is InChI=1S/C22H26ClFN4O2/c23-17-4-3-16(13-18(17)24)14-26-10-5-22(6-11-26)21-25-7-12-28(21)15-19(30-22)20(29)27-8-1-2-9-27/h3-4,7,12-13,19H,1-2,5-6,8-11,14-15H2. The van der Waals surface area contributed by atoms with Gasteiger partial charge in [0, 0.05) is 45.1 Å². The molecule has 0 aliphatic carbocycles. The van der Waals surface area contributed by atoms with Crippen LogP contribution >= 0.6 is 11.6 Å². The molecule has 1 atom stereocenters. The highest BCUT2D eigenvalue weighted by Crippen LogP contribution is 2.40. The minimum Gasteiger partial charge on any atom is -0.352 e. The molecule has 0 N–H and O–H groups in total. The van der Waals surface area contributed by atoms with Crippen molar-refractivity contribution >= 4 is 17.5 Å². The van der Waals surface area contributed by atoms with E-state index in [0.29, 0.717) is 13.1 Å². The Hall–Kier alpha value is -1.96. The van der Waals surface area contributed by atoms with Gasteiger partial charge in [-0.15, -0.1) is 0 Å². The van der Waals surface area contributed by atoms with Crippen molar-refractivity contribution in [1.82, 2.24) is 19.4 Å². The molecule has 1 spiro atoms. The Morgan fingerprint density at radius 1 is 1.23 bits per heavy atom. The molecule has 6 nitrogen and oxygen atoms in total. The molecule has 2 saturated heterocycles. The van der Waals surface area contributed by atoms with Crippen LogP contribution in [0.1, 0.15) is 37.1 Å². The number of hydrogen-bond acceptors (Lipinski definition) is 4. The number of rotatable bonds is 3. The highest BCUT2D eigenvalue weighted by molar-refractivity contribution is 6.30. The number of carbonyl (C=O) groups excluding carboxylic acids is 1. The lowest BCUT2D eigenvalue weighted by atomic mass is 9.88. The van der Waals surface area contributed by atoms with E-state index in [-0.39, 0.29) is 16.7 Å². The van der Waals surface area contributed by atoms with Crippen LogP contribution in [0.3, 0.4) is 0 Å². The molecule has 1 aromatic heterocycles. The number of hydrogen-bond donors (Lipinski definition) is 0. The maximum Gasteiger partial charge on any atom is 0.253 e. The zero-order valence-corrected chi connectivity index (χ0v) is 17.7. The molecule has 2 aromatic rings. The molecule has 4 heterocycles. The minimum absolute atomic E-state index is 0.102. The van der Waals surface area contributed by atoms with Gasteiger partial charge >= 0.3 is 0 Å². The van der Waals surface area contributed by atoms with Crippen LogP contribution in [0.5, 0.6) is 0 Å². The largest absolute Gasteiger partial charge is 0.352 e. The summed E-state index contributed by atoms with van der Waals surface area (Å²) < 4.78 is 22.4. The van der Waals surface area contributed by atoms with E-state index >= 15 is 0 Å². The molecule has 1 amide bonds. The van der Waals surface area contributed by atoms with E-state index in [1.807, 2.05) is 17.2 Å². The third-order valence-corrected chi connectivity index (χ3v) is 6.91. The first kappa shape index (κ1) is 20.0. The summed E-state index contributed by atoms with van der Waals surface area (Å²) in [5.74, 6) is 0.638. The predicted molar refractivity (Wildman–Crippen MR) is 111 cm³/mol. The Bertz CT molecular complexity index is 935. The van der Waals surface area contributed by atoms with Crippen molar-refractivity contribution in [3.63, 3.8) is 0 Å². The summed E-state index contributed by atoms with van der Waals surface area (Å²) in [6.45, 7) is 4.43. The zero-order valence-electron chi connectivity index (χ0n) is 16.9.